The van der Waals surface area contributed by atoms with Gasteiger partial charge in [0.15, 0.2) is 0 Å². The molecule has 3 nitrogen and oxygen atoms in total. The van der Waals surface area contributed by atoms with Crippen LogP contribution < -0.4 is 4.74 Å². The van der Waals surface area contributed by atoms with E-state index in [4.69, 9.17) is 9.84 Å². The molecule has 1 rings (SSSR count). The van der Waals surface area contributed by atoms with E-state index in [9.17, 15) is 5.11 Å². The minimum atomic E-state index is -0.392. The first-order valence-electron chi connectivity index (χ1n) is 5.29. The van der Waals surface area contributed by atoms with Gasteiger partial charge in [-0.15, -0.1) is 0 Å². The lowest BCUT2D eigenvalue weighted by Crippen LogP contribution is -2.00. The van der Waals surface area contributed by atoms with E-state index in [1.165, 1.54) is 0 Å². The molecule has 1 atom stereocenters. The van der Waals surface area contributed by atoms with Gasteiger partial charge in [0, 0.05) is 13.0 Å². The second kappa shape index (κ2) is 6.43. The zero-order valence-electron chi connectivity index (χ0n) is 9.02. The number of hydrogen-bond acceptors (Lipinski definition) is 3. The second-order valence-corrected chi connectivity index (χ2v) is 3.42. The van der Waals surface area contributed by atoms with Crippen LogP contribution in [0, 0.1) is 0 Å². The highest BCUT2D eigenvalue weighted by molar-refractivity contribution is 5.28. The molecule has 15 heavy (non-hydrogen) atoms. The van der Waals surface area contributed by atoms with Crippen molar-refractivity contribution in [1.29, 1.82) is 0 Å². The molecule has 3 heteroatoms. The van der Waals surface area contributed by atoms with Crippen molar-refractivity contribution in [2.45, 2.75) is 25.9 Å². The Bertz CT molecular complexity index is 269. The summed E-state index contributed by atoms with van der Waals surface area (Å²) in [6, 6.07) is 7.40. The average Bonchev–Trinajstić information content (AvgIpc) is 2.29. The van der Waals surface area contributed by atoms with Crippen LogP contribution in [0.2, 0.25) is 0 Å². The fourth-order valence-electron chi connectivity index (χ4n) is 1.28. The van der Waals surface area contributed by atoms with Crippen molar-refractivity contribution in [3.63, 3.8) is 0 Å². The Morgan fingerprint density at radius 1 is 1.27 bits per heavy atom. The molecule has 84 valence electrons. The summed E-state index contributed by atoms with van der Waals surface area (Å²) in [4.78, 5) is 0. The van der Waals surface area contributed by atoms with Gasteiger partial charge < -0.3 is 14.9 Å². The third-order valence-corrected chi connectivity index (χ3v) is 2.22. The van der Waals surface area contributed by atoms with Crippen molar-refractivity contribution >= 4 is 0 Å². The first kappa shape index (κ1) is 12.0. The maximum Gasteiger partial charge on any atom is 0.119 e. The molecular formula is C12H18O3. The maximum atomic E-state index is 9.56. The van der Waals surface area contributed by atoms with Gasteiger partial charge in [-0.1, -0.05) is 19.1 Å². The van der Waals surface area contributed by atoms with Gasteiger partial charge in [0.25, 0.3) is 0 Å². The summed E-state index contributed by atoms with van der Waals surface area (Å²) in [5, 5.41) is 18.1. The summed E-state index contributed by atoms with van der Waals surface area (Å²) in [5.74, 6) is 0.774. The van der Waals surface area contributed by atoms with Crippen LogP contribution in [0.15, 0.2) is 24.3 Å². The predicted octanol–water partition coefficient (Wildman–Crippen LogP) is 1.89. The van der Waals surface area contributed by atoms with Crippen molar-refractivity contribution in [1.82, 2.24) is 0 Å². The Morgan fingerprint density at radius 2 is 1.93 bits per heavy atom. The summed E-state index contributed by atoms with van der Waals surface area (Å²) >= 11 is 0. The zero-order valence-corrected chi connectivity index (χ0v) is 9.02. The Labute approximate surface area is 90.3 Å². The van der Waals surface area contributed by atoms with Gasteiger partial charge in [0.05, 0.1) is 12.7 Å². The summed E-state index contributed by atoms with van der Waals surface area (Å²) in [7, 11) is 0. The molecule has 1 aromatic rings. The van der Waals surface area contributed by atoms with Crippen LogP contribution in [0.1, 0.15) is 31.4 Å². The van der Waals surface area contributed by atoms with E-state index in [0.29, 0.717) is 19.4 Å². The minimum Gasteiger partial charge on any atom is -0.494 e. The van der Waals surface area contributed by atoms with Crippen molar-refractivity contribution in [2.24, 2.45) is 0 Å². The Balaban J connectivity index is 2.49. The van der Waals surface area contributed by atoms with Crippen LogP contribution in [0.3, 0.4) is 0 Å². The molecule has 0 aliphatic heterocycles. The quantitative estimate of drug-likeness (QED) is 0.705. The summed E-state index contributed by atoms with van der Waals surface area (Å²) < 4.78 is 5.37. The molecule has 0 aliphatic carbocycles. The molecule has 0 bridgehead atoms. The summed E-state index contributed by atoms with van der Waals surface area (Å²) in [6.07, 6.45) is 0.959. The van der Waals surface area contributed by atoms with E-state index in [1.807, 2.05) is 31.2 Å². The smallest absolute Gasteiger partial charge is 0.119 e. The Morgan fingerprint density at radius 3 is 2.47 bits per heavy atom. The van der Waals surface area contributed by atoms with Crippen LogP contribution >= 0.6 is 0 Å². The molecule has 0 fully saturated rings. The van der Waals surface area contributed by atoms with Crippen LogP contribution in [-0.4, -0.2) is 23.4 Å². The van der Waals surface area contributed by atoms with Gasteiger partial charge in [-0.25, -0.2) is 0 Å². The first-order chi connectivity index (χ1) is 7.27. The predicted molar refractivity (Wildman–Crippen MR) is 58.9 cm³/mol. The van der Waals surface area contributed by atoms with Crippen molar-refractivity contribution in [3.8, 4) is 5.75 Å². The lowest BCUT2D eigenvalue weighted by Gasteiger charge is -2.09. The SMILES string of the molecule is CC[C@H](O)c1ccc(OCCCO)cc1. The molecule has 0 unspecified atom stereocenters. The highest BCUT2D eigenvalue weighted by Gasteiger charge is 2.03. The van der Waals surface area contributed by atoms with Gasteiger partial charge in [-0.2, -0.15) is 0 Å². The summed E-state index contributed by atoms with van der Waals surface area (Å²) in [6.45, 7) is 2.61. The number of benzene rings is 1. The first-order valence-corrected chi connectivity index (χ1v) is 5.29. The van der Waals surface area contributed by atoms with Crippen molar-refractivity contribution < 1.29 is 14.9 Å². The highest BCUT2D eigenvalue weighted by Crippen LogP contribution is 2.19. The second-order valence-electron chi connectivity index (χ2n) is 3.42. The van der Waals surface area contributed by atoms with E-state index in [0.717, 1.165) is 11.3 Å². The van der Waals surface area contributed by atoms with E-state index in [1.54, 1.807) is 0 Å². The number of rotatable bonds is 6. The van der Waals surface area contributed by atoms with Gasteiger partial charge in [0.1, 0.15) is 5.75 Å². The van der Waals surface area contributed by atoms with Gasteiger partial charge in [-0.05, 0) is 24.1 Å². The molecule has 0 radical (unpaired) electrons. The fraction of sp³-hybridized carbons (Fsp3) is 0.500. The van der Waals surface area contributed by atoms with Crippen LogP contribution in [-0.2, 0) is 0 Å². The topological polar surface area (TPSA) is 49.7 Å². The molecule has 0 saturated heterocycles. The lowest BCUT2D eigenvalue weighted by molar-refractivity contribution is 0.173. The normalized spacial score (nSPS) is 12.5. The van der Waals surface area contributed by atoms with E-state index in [-0.39, 0.29) is 6.61 Å². The van der Waals surface area contributed by atoms with Gasteiger partial charge >= 0.3 is 0 Å². The van der Waals surface area contributed by atoms with E-state index in [2.05, 4.69) is 0 Å². The number of ether oxygens (including phenoxy) is 1. The zero-order chi connectivity index (χ0) is 11.1. The van der Waals surface area contributed by atoms with Crippen molar-refractivity contribution in [2.75, 3.05) is 13.2 Å². The molecule has 0 saturated carbocycles. The minimum absolute atomic E-state index is 0.145. The third kappa shape index (κ3) is 3.90. The molecule has 0 amide bonds. The molecular weight excluding hydrogens is 192 g/mol. The number of aliphatic hydroxyl groups is 2. The van der Waals surface area contributed by atoms with Crippen LogP contribution in [0.25, 0.3) is 0 Å². The molecule has 2 N–H and O–H groups in total. The number of hydrogen-bond donors (Lipinski definition) is 2. The summed E-state index contributed by atoms with van der Waals surface area (Å²) in [5.41, 5.74) is 0.909. The fourth-order valence-corrected chi connectivity index (χ4v) is 1.28. The molecule has 0 spiro atoms. The monoisotopic (exact) mass is 210 g/mol. The number of aliphatic hydroxyl groups excluding tert-OH is 2. The molecule has 0 heterocycles. The maximum absolute atomic E-state index is 9.56. The van der Waals surface area contributed by atoms with Gasteiger partial charge in [-0.3, -0.25) is 0 Å². The third-order valence-electron chi connectivity index (χ3n) is 2.22. The average molecular weight is 210 g/mol. The van der Waals surface area contributed by atoms with Crippen LogP contribution in [0.5, 0.6) is 5.75 Å². The molecule has 1 aromatic carbocycles. The van der Waals surface area contributed by atoms with Crippen LogP contribution in [0.4, 0.5) is 0 Å². The van der Waals surface area contributed by atoms with E-state index < -0.39 is 6.10 Å². The van der Waals surface area contributed by atoms with Crippen molar-refractivity contribution in [3.05, 3.63) is 29.8 Å². The Hall–Kier alpha value is -1.06. The van der Waals surface area contributed by atoms with Gasteiger partial charge in [0.2, 0.25) is 0 Å². The molecule has 0 aliphatic rings. The molecule has 0 aromatic heterocycles. The largest absolute Gasteiger partial charge is 0.494 e. The van der Waals surface area contributed by atoms with E-state index >= 15 is 0 Å². The highest BCUT2D eigenvalue weighted by atomic mass is 16.5. The lowest BCUT2D eigenvalue weighted by atomic mass is 10.1. The standard InChI is InChI=1S/C12H18O3/c1-2-12(14)10-4-6-11(7-5-10)15-9-3-8-13/h4-7,12-14H,2-3,8-9H2,1H3/t12-/m0/s1. The Kier molecular flexibility index (Phi) is 5.15.